The van der Waals surface area contributed by atoms with E-state index in [0.29, 0.717) is 19.6 Å². The summed E-state index contributed by atoms with van der Waals surface area (Å²) in [5.41, 5.74) is 0.110. The largest absolute Gasteiger partial charge is 0.465 e. The summed E-state index contributed by atoms with van der Waals surface area (Å²) in [5.74, 6) is -0.113. The summed E-state index contributed by atoms with van der Waals surface area (Å²) in [5, 5.41) is 17.6. The Balaban J connectivity index is 1.67. The Kier molecular flexibility index (Phi) is 6.42. The Morgan fingerprint density at radius 3 is 2.69 bits per heavy atom. The van der Waals surface area contributed by atoms with Gasteiger partial charge in [-0.15, -0.1) is 0 Å². The fourth-order valence-electron chi connectivity index (χ4n) is 2.76. The number of likely N-dealkylation sites (tertiary alicyclic amines) is 1. The van der Waals surface area contributed by atoms with Crippen LogP contribution in [-0.2, 0) is 11.3 Å². The molecule has 0 atom stereocenters. The lowest BCUT2D eigenvalue weighted by Crippen LogP contribution is -2.42. The number of carboxylic acid groups (broad SMARTS) is 1. The van der Waals surface area contributed by atoms with Crippen molar-refractivity contribution in [2.45, 2.75) is 32.8 Å². The number of amides is 3. The van der Waals surface area contributed by atoms with Gasteiger partial charge in [-0.2, -0.15) is 0 Å². The van der Waals surface area contributed by atoms with Gasteiger partial charge >= 0.3 is 12.2 Å². The molecular formula is C16H24N4O6. The van der Waals surface area contributed by atoms with Crippen LogP contribution in [0.3, 0.4) is 0 Å². The van der Waals surface area contributed by atoms with Crippen LogP contribution >= 0.6 is 0 Å². The smallest absolute Gasteiger partial charge is 0.407 e. The third-order valence-corrected chi connectivity index (χ3v) is 4.60. The van der Waals surface area contributed by atoms with Crippen LogP contribution in [0.5, 0.6) is 0 Å². The lowest BCUT2D eigenvalue weighted by Gasteiger charge is -2.38. The molecular weight excluding hydrogens is 344 g/mol. The molecule has 26 heavy (non-hydrogen) atoms. The molecule has 2 rings (SSSR count). The summed E-state index contributed by atoms with van der Waals surface area (Å²) in [6.45, 7) is 3.42. The molecule has 10 nitrogen and oxygen atoms in total. The Labute approximate surface area is 150 Å². The number of piperidine rings is 1. The van der Waals surface area contributed by atoms with Crippen LogP contribution < -0.4 is 10.6 Å². The van der Waals surface area contributed by atoms with E-state index in [4.69, 9.17) is 14.4 Å². The molecule has 0 bridgehead atoms. The van der Waals surface area contributed by atoms with Gasteiger partial charge in [-0.05, 0) is 24.7 Å². The molecule has 2 heterocycles. The highest BCUT2D eigenvalue weighted by molar-refractivity contribution is 5.91. The number of rotatable bonds is 6. The quantitative estimate of drug-likeness (QED) is 0.691. The SMILES string of the molecule is CNC(=O)c1cc(COC(=O)NCCC2(C)CCN(C(=O)O)CC2)on1. The monoisotopic (exact) mass is 368 g/mol. The molecule has 1 aromatic rings. The van der Waals surface area contributed by atoms with E-state index < -0.39 is 12.2 Å². The fourth-order valence-corrected chi connectivity index (χ4v) is 2.76. The summed E-state index contributed by atoms with van der Waals surface area (Å²) in [4.78, 5) is 35.4. The third-order valence-electron chi connectivity index (χ3n) is 4.60. The Morgan fingerprint density at radius 2 is 2.08 bits per heavy atom. The zero-order valence-corrected chi connectivity index (χ0v) is 14.9. The van der Waals surface area contributed by atoms with Crippen LogP contribution in [0.4, 0.5) is 9.59 Å². The van der Waals surface area contributed by atoms with E-state index >= 15 is 0 Å². The molecule has 10 heteroatoms. The molecule has 1 fully saturated rings. The van der Waals surface area contributed by atoms with Gasteiger partial charge < -0.3 is 29.9 Å². The van der Waals surface area contributed by atoms with Gasteiger partial charge in [0.15, 0.2) is 18.1 Å². The first-order valence-corrected chi connectivity index (χ1v) is 8.39. The number of carbonyl (C=O) groups excluding carboxylic acids is 2. The van der Waals surface area contributed by atoms with Crippen molar-refractivity contribution in [2.24, 2.45) is 5.41 Å². The molecule has 0 aromatic carbocycles. The predicted molar refractivity (Wildman–Crippen MR) is 89.6 cm³/mol. The van der Waals surface area contributed by atoms with Gasteiger partial charge in [-0.3, -0.25) is 4.79 Å². The second-order valence-electron chi connectivity index (χ2n) is 6.59. The molecule has 1 aliphatic rings. The van der Waals surface area contributed by atoms with Gasteiger partial charge in [0.05, 0.1) is 0 Å². The molecule has 1 saturated heterocycles. The molecule has 0 spiro atoms. The molecule has 0 saturated carbocycles. The number of hydrogen-bond acceptors (Lipinski definition) is 6. The number of nitrogens with zero attached hydrogens (tertiary/aromatic N) is 2. The van der Waals surface area contributed by atoms with E-state index in [1.165, 1.54) is 18.0 Å². The second-order valence-corrected chi connectivity index (χ2v) is 6.59. The van der Waals surface area contributed by atoms with Gasteiger partial charge in [0.1, 0.15) is 0 Å². The summed E-state index contributed by atoms with van der Waals surface area (Å²) >= 11 is 0. The zero-order valence-electron chi connectivity index (χ0n) is 14.9. The zero-order chi connectivity index (χ0) is 19.2. The molecule has 3 amide bonds. The highest BCUT2D eigenvalue weighted by Crippen LogP contribution is 2.33. The highest BCUT2D eigenvalue weighted by Gasteiger charge is 2.31. The van der Waals surface area contributed by atoms with Crippen molar-refractivity contribution in [1.82, 2.24) is 20.7 Å². The maximum absolute atomic E-state index is 11.7. The van der Waals surface area contributed by atoms with Crippen molar-refractivity contribution in [3.05, 3.63) is 17.5 Å². The van der Waals surface area contributed by atoms with Crippen LogP contribution in [0.25, 0.3) is 0 Å². The first-order valence-electron chi connectivity index (χ1n) is 8.39. The van der Waals surface area contributed by atoms with Crippen molar-refractivity contribution < 1.29 is 28.8 Å². The van der Waals surface area contributed by atoms with E-state index in [2.05, 4.69) is 22.7 Å². The molecule has 0 unspecified atom stereocenters. The number of nitrogens with one attached hydrogen (secondary N) is 2. The number of aromatic nitrogens is 1. The van der Waals surface area contributed by atoms with Crippen LogP contribution in [0.1, 0.15) is 42.4 Å². The number of alkyl carbamates (subject to hydrolysis) is 1. The molecule has 144 valence electrons. The van der Waals surface area contributed by atoms with E-state index in [9.17, 15) is 14.4 Å². The molecule has 3 N–H and O–H groups in total. The minimum absolute atomic E-state index is 0.00736. The van der Waals surface area contributed by atoms with E-state index in [0.717, 1.165) is 19.3 Å². The van der Waals surface area contributed by atoms with Gasteiger partial charge in [-0.1, -0.05) is 12.1 Å². The third kappa shape index (κ3) is 5.36. The van der Waals surface area contributed by atoms with Crippen molar-refractivity contribution in [3.63, 3.8) is 0 Å². The minimum Gasteiger partial charge on any atom is -0.465 e. The van der Waals surface area contributed by atoms with Gasteiger partial charge in [0.25, 0.3) is 5.91 Å². The maximum Gasteiger partial charge on any atom is 0.407 e. The fraction of sp³-hybridized carbons (Fsp3) is 0.625. The Hall–Kier alpha value is -2.78. The molecule has 0 radical (unpaired) electrons. The lowest BCUT2D eigenvalue weighted by atomic mass is 9.77. The standard InChI is InChI=1S/C16H24N4O6/c1-16(4-7-20(8-5-16)15(23)24)3-6-18-14(22)25-10-11-9-12(19-26-11)13(21)17-2/h9H,3-8,10H2,1-2H3,(H,17,21)(H,18,22)(H,23,24). The number of carbonyl (C=O) groups is 3. The van der Waals surface area contributed by atoms with Crippen molar-refractivity contribution in [1.29, 1.82) is 0 Å². The molecule has 1 aliphatic heterocycles. The van der Waals surface area contributed by atoms with Crippen molar-refractivity contribution in [3.8, 4) is 0 Å². The summed E-state index contributed by atoms with van der Waals surface area (Å²) in [6.07, 6.45) is 0.779. The second kappa shape index (κ2) is 8.54. The molecule has 1 aromatic heterocycles. The van der Waals surface area contributed by atoms with E-state index in [1.54, 1.807) is 0 Å². The summed E-state index contributed by atoms with van der Waals surface area (Å²) < 4.78 is 9.94. The van der Waals surface area contributed by atoms with Crippen molar-refractivity contribution in [2.75, 3.05) is 26.7 Å². The van der Waals surface area contributed by atoms with E-state index in [-0.39, 0.29) is 29.4 Å². The normalized spacial score (nSPS) is 16.0. The summed E-state index contributed by atoms with van der Waals surface area (Å²) in [7, 11) is 1.48. The van der Waals surface area contributed by atoms with Gasteiger partial charge in [0, 0.05) is 32.7 Å². The van der Waals surface area contributed by atoms with Crippen molar-refractivity contribution >= 4 is 18.1 Å². The number of hydrogen-bond donors (Lipinski definition) is 3. The predicted octanol–water partition coefficient (Wildman–Crippen LogP) is 1.43. The van der Waals surface area contributed by atoms with Crippen LogP contribution in [-0.4, -0.2) is 59.9 Å². The Bertz CT molecular complexity index is 651. The van der Waals surface area contributed by atoms with Crippen LogP contribution in [0.2, 0.25) is 0 Å². The van der Waals surface area contributed by atoms with E-state index in [1.807, 2.05) is 0 Å². The minimum atomic E-state index is -0.888. The highest BCUT2D eigenvalue weighted by atomic mass is 16.6. The topological polar surface area (TPSA) is 134 Å². The Morgan fingerprint density at radius 1 is 1.38 bits per heavy atom. The van der Waals surface area contributed by atoms with Crippen LogP contribution in [0.15, 0.2) is 10.6 Å². The molecule has 0 aliphatic carbocycles. The first-order chi connectivity index (χ1) is 12.3. The number of ether oxygens (including phenoxy) is 1. The average molecular weight is 368 g/mol. The first kappa shape index (κ1) is 19.5. The average Bonchev–Trinajstić information content (AvgIpc) is 3.08. The van der Waals surface area contributed by atoms with Gasteiger partial charge in [0.2, 0.25) is 0 Å². The summed E-state index contributed by atoms with van der Waals surface area (Å²) in [6, 6.07) is 1.41. The maximum atomic E-state index is 11.7. The van der Waals surface area contributed by atoms with Gasteiger partial charge in [-0.25, -0.2) is 9.59 Å². The lowest BCUT2D eigenvalue weighted by molar-refractivity contribution is 0.0914. The van der Waals surface area contributed by atoms with Crippen LogP contribution in [0, 0.1) is 5.41 Å².